The fourth-order valence-corrected chi connectivity index (χ4v) is 4.06. The quantitative estimate of drug-likeness (QED) is 0.331. The Labute approximate surface area is 205 Å². The molecule has 2 fully saturated rings. The van der Waals surface area contributed by atoms with Gasteiger partial charge in [-0.1, -0.05) is 16.8 Å². The van der Waals surface area contributed by atoms with Crippen LogP contribution in [0.4, 0.5) is 0 Å². The van der Waals surface area contributed by atoms with Crippen LogP contribution in [0.15, 0.2) is 33.8 Å². The molecule has 1 aromatic carbocycles. The number of likely N-dealkylation sites (tertiary alicyclic amines) is 1. The first kappa shape index (κ1) is 24.2. The van der Waals surface area contributed by atoms with Crippen LogP contribution in [0, 0.1) is 0 Å². The summed E-state index contributed by atoms with van der Waals surface area (Å²) in [6.45, 7) is 9.31. The van der Waals surface area contributed by atoms with Crippen molar-refractivity contribution >= 4 is 41.5 Å². The van der Waals surface area contributed by atoms with E-state index in [1.165, 1.54) is 6.42 Å². The highest BCUT2D eigenvalue weighted by molar-refractivity contribution is 14.0. The fraction of sp³-hybridized carbons (Fsp3) is 0.571. The number of halogens is 2. The molecule has 2 aliphatic heterocycles. The highest BCUT2D eigenvalue weighted by Crippen LogP contribution is 2.19. The molecule has 170 valence electrons. The van der Waals surface area contributed by atoms with Crippen molar-refractivity contribution in [2.75, 3.05) is 52.5 Å². The van der Waals surface area contributed by atoms with Crippen molar-refractivity contribution in [1.29, 1.82) is 0 Å². The van der Waals surface area contributed by atoms with Crippen LogP contribution >= 0.6 is 35.6 Å². The molecule has 31 heavy (non-hydrogen) atoms. The van der Waals surface area contributed by atoms with E-state index >= 15 is 0 Å². The Morgan fingerprint density at radius 1 is 1.23 bits per heavy atom. The van der Waals surface area contributed by atoms with E-state index in [-0.39, 0.29) is 24.0 Å². The molecule has 0 aliphatic carbocycles. The van der Waals surface area contributed by atoms with Crippen molar-refractivity contribution in [3.8, 4) is 11.4 Å². The van der Waals surface area contributed by atoms with Gasteiger partial charge in [0, 0.05) is 55.8 Å². The lowest BCUT2D eigenvalue weighted by Gasteiger charge is -2.32. The Hall–Kier alpha value is -1.43. The van der Waals surface area contributed by atoms with Gasteiger partial charge in [0.25, 0.3) is 0 Å². The minimum absolute atomic E-state index is 0. The van der Waals surface area contributed by atoms with Gasteiger partial charge in [-0.2, -0.15) is 4.98 Å². The molecule has 2 aliphatic rings. The number of ether oxygens (including phenoxy) is 1. The minimum atomic E-state index is 0. The molecule has 1 unspecified atom stereocenters. The summed E-state index contributed by atoms with van der Waals surface area (Å²) in [6.07, 6.45) is 1.77. The third kappa shape index (κ3) is 6.53. The zero-order valence-corrected chi connectivity index (χ0v) is 20.9. The van der Waals surface area contributed by atoms with Gasteiger partial charge >= 0.3 is 0 Å². The van der Waals surface area contributed by atoms with E-state index in [2.05, 4.69) is 32.2 Å². The van der Waals surface area contributed by atoms with Crippen LogP contribution < -0.4 is 5.32 Å². The highest BCUT2D eigenvalue weighted by Gasteiger charge is 2.30. The van der Waals surface area contributed by atoms with Crippen molar-refractivity contribution < 1.29 is 9.26 Å². The number of guanidine groups is 1. The van der Waals surface area contributed by atoms with Crippen LogP contribution in [0.1, 0.15) is 19.2 Å². The first-order valence-electron chi connectivity index (χ1n) is 10.7. The molecule has 8 nitrogen and oxygen atoms in total. The van der Waals surface area contributed by atoms with Gasteiger partial charge in [0.05, 0.1) is 19.8 Å². The first-order chi connectivity index (χ1) is 14.7. The van der Waals surface area contributed by atoms with Gasteiger partial charge < -0.3 is 19.5 Å². The van der Waals surface area contributed by atoms with Crippen LogP contribution in [0.3, 0.4) is 0 Å². The molecule has 0 spiro atoms. The molecule has 3 heterocycles. The van der Waals surface area contributed by atoms with Crippen molar-refractivity contribution in [1.82, 2.24) is 25.3 Å². The van der Waals surface area contributed by atoms with E-state index in [4.69, 9.17) is 25.9 Å². The first-order valence-corrected chi connectivity index (χ1v) is 11.0. The van der Waals surface area contributed by atoms with Gasteiger partial charge in [-0.15, -0.1) is 24.0 Å². The summed E-state index contributed by atoms with van der Waals surface area (Å²) >= 11 is 5.94. The molecular weight excluding hydrogens is 531 g/mol. The second-order valence-electron chi connectivity index (χ2n) is 7.54. The fourth-order valence-electron chi connectivity index (χ4n) is 3.93. The molecular formula is C21H30ClIN6O2. The van der Waals surface area contributed by atoms with E-state index in [9.17, 15) is 0 Å². The summed E-state index contributed by atoms with van der Waals surface area (Å²) in [7, 11) is 0. The Bertz CT molecular complexity index is 841. The third-order valence-electron chi connectivity index (χ3n) is 5.52. The van der Waals surface area contributed by atoms with Gasteiger partial charge in [-0.25, -0.2) is 0 Å². The predicted octanol–water partition coefficient (Wildman–Crippen LogP) is 2.92. The number of aliphatic imine (C=N–C) groups is 1. The van der Waals surface area contributed by atoms with Gasteiger partial charge in [-0.05, 0) is 37.6 Å². The van der Waals surface area contributed by atoms with Gasteiger partial charge in [0.2, 0.25) is 11.7 Å². The van der Waals surface area contributed by atoms with E-state index in [1.54, 1.807) is 0 Å². The second-order valence-corrected chi connectivity index (χ2v) is 7.98. The number of morpholine rings is 1. The molecule has 4 rings (SSSR count). The van der Waals surface area contributed by atoms with Crippen molar-refractivity contribution in [3.63, 3.8) is 0 Å². The van der Waals surface area contributed by atoms with Gasteiger partial charge in [0.15, 0.2) is 5.96 Å². The number of hydrogen-bond donors (Lipinski definition) is 1. The molecule has 0 saturated carbocycles. The zero-order valence-electron chi connectivity index (χ0n) is 17.8. The maximum atomic E-state index is 5.94. The molecule has 2 aromatic rings. The molecule has 1 aromatic heterocycles. The molecule has 0 amide bonds. The Morgan fingerprint density at radius 2 is 2.00 bits per heavy atom. The summed E-state index contributed by atoms with van der Waals surface area (Å²) in [5.74, 6) is 2.13. The minimum Gasteiger partial charge on any atom is -0.379 e. The van der Waals surface area contributed by atoms with Crippen molar-refractivity contribution in [2.45, 2.75) is 25.8 Å². The molecule has 1 N–H and O–H groups in total. The van der Waals surface area contributed by atoms with Crippen molar-refractivity contribution in [3.05, 3.63) is 35.2 Å². The maximum Gasteiger partial charge on any atom is 0.228 e. The summed E-state index contributed by atoms with van der Waals surface area (Å²) in [6, 6.07) is 7.99. The Kier molecular flexibility index (Phi) is 9.36. The summed E-state index contributed by atoms with van der Waals surface area (Å²) < 4.78 is 10.9. The average molecular weight is 561 g/mol. The number of nitrogens with zero attached hydrogens (tertiary/aromatic N) is 5. The van der Waals surface area contributed by atoms with E-state index in [0.717, 1.165) is 57.5 Å². The van der Waals surface area contributed by atoms with E-state index in [1.807, 2.05) is 24.3 Å². The molecule has 10 heteroatoms. The summed E-state index contributed by atoms with van der Waals surface area (Å²) in [4.78, 5) is 14.2. The van der Waals surface area contributed by atoms with Crippen LogP contribution in [0.25, 0.3) is 11.4 Å². The zero-order chi connectivity index (χ0) is 20.8. The van der Waals surface area contributed by atoms with Crippen LogP contribution in [0.2, 0.25) is 5.02 Å². The van der Waals surface area contributed by atoms with Crippen LogP contribution in [-0.4, -0.2) is 84.4 Å². The number of aromatic nitrogens is 2. The largest absolute Gasteiger partial charge is 0.379 e. The number of benzene rings is 1. The lowest BCUT2D eigenvalue weighted by atomic mass is 10.2. The predicted molar refractivity (Wildman–Crippen MR) is 132 cm³/mol. The van der Waals surface area contributed by atoms with Crippen LogP contribution in [-0.2, 0) is 11.2 Å². The second kappa shape index (κ2) is 12.0. The maximum absolute atomic E-state index is 5.94. The van der Waals surface area contributed by atoms with Gasteiger partial charge in [-0.3, -0.25) is 9.89 Å². The Balaban J connectivity index is 0.00000272. The SMILES string of the molecule is CCNC(=NCCc1nc(-c2ccc(Cl)cc2)no1)N1CCC(N2CCOCC2)C1.I. The lowest BCUT2D eigenvalue weighted by Crippen LogP contribution is -2.46. The Morgan fingerprint density at radius 3 is 2.74 bits per heavy atom. The van der Waals surface area contributed by atoms with Crippen LogP contribution in [0.5, 0.6) is 0 Å². The number of hydrogen-bond acceptors (Lipinski definition) is 6. The van der Waals surface area contributed by atoms with Gasteiger partial charge in [0.1, 0.15) is 0 Å². The normalized spacial score (nSPS) is 20.0. The average Bonchev–Trinajstić information content (AvgIpc) is 3.45. The standard InChI is InChI=1S/C21H29ClN6O2.HI/c1-2-23-21(28-10-8-18(15-28)27-11-13-29-14-12-27)24-9-7-19-25-20(26-30-19)16-3-5-17(22)6-4-16;/h3-6,18H,2,7-15H2,1H3,(H,23,24);1H. The number of nitrogens with one attached hydrogen (secondary N) is 1. The van der Waals surface area contributed by atoms with E-state index in [0.29, 0.717) is 35.7 Å². The molecule has 0 radical (unpaired) electrons. The topological polar surface area (TPSA) is 79.0 Å². The lowest BCUT2D eigenvalue weighted by molar-refractivity contribution is 0.0195. The smallest absolute Gasteiger partial charge is 0.228 e. The monoisotopic (exact) mass is 560 g/mol. The molecule has 2 saturated heterocycles. The summed E-state index contributed by atoms with van der Waals surface area (Å²) in [5, 5.41) is 8.18. The molecule has 0 bridgehead atoms. The van der Waals surface area contributed by atoms with Crippen molar-refractivity contribution in [2.24, 2.45) is 4.99 Å². The third-order valence-corrected chi connectivity index (χ3v) is 5.77. The summed E-state index contributed by atoms with van der Waals surface area (Å²) in [5.41, 5.74) is 0.887. The highest BCUT2D eigenvalue weighted by atomic mass is 127. The number of rotatable bonds is 6. The molecule has 1 atom stereocenters. The van der Waals surface area contributed by atoms with E-state index < -0.39 is 0 Å².